The number of nitrogens with one attached hydrogen (secondary N) is 4. The number of allylic oxidation sites excluding steroid dienone is 3. The number of hydrogen-bond acceptors (Lipinski definition) is 10. The van der Waals surface area contributed by atoms with E-state index in [1.807, 2.05) is 34.0 Å². The van der Waals surface area contributed by atoms with Crippen molar-refractivity contribution in [3.63, 3.8) is 0 Å². The summed E-state index contributed by atoms with van der Waals surface area (Å²) in [6.07, 6.45) is 6.20. The summed E-state index contributed by atoms with van der Waals surface area (Å²) in [6.45, 7) is 13.6. The van der Waals surface area contributed by atoms with E-state index < -0.39 is 84.5 Å². The molecular weight excluding hydrogens is 741 g/mol. The highest BCUT2D eigenvalue weighted by Gasteiger charge is 2.43. The number of nitrogens with two attached hydrogens (primary N) is 1. The molecule has 7 atom stereocenters. The van der Waals surface area contributed by atoms with Crippen molar-refractivity contribution in [3.05, 3.63) is 22.8 Å². The molecule has 7 N–H and O–H groups in total. The SMILES string of the molecule is CO[C@@H]1[C@H](OC(=O)NCC(=O)N2CCCC2C(=O)N[C@@H](CC(C)C)C(=O)NCC(=O)N[C@@H](CCSC)C(N)=O)CCC(C)(CO)C[C@H]1/C(C)=C/CC(C)=C(C)C. The molecule has 1 aliphatic heterocycles. The molecular formula is C40H68N6O9S. The van der Waals surface area contributed by atoms with Gasteiger partial charge in [-0.25, -0.2) is 4.79 Å². The molecule has 2 fully saturated rings. The average Bonchev–Trinajstić information content (AvgIpc) is 3.60. The molecule has 2 unspecified atom stereocenters. The molecule has 318 valence electrons. The number of rotatable bonds is 20. The second-order valence-electron chi connectivity index (χ2n) is 16.2. The highest BCUT2D eigenvalue weighted by molar-refractivity contribution is 7.98. The molecule has 1 saturated carbocycles. The van der Waals surface area contributed by atoms with Gasteiger partial charge in [-0.3, -0.25) is 24.0 Å². The Kier molecular flexibility index (Phi) is 20.4. The van der Waals surface area contributed by atoms with Crippen molar-refractivity contribution in [3.8, 4) is 0 Å². The smallest absolute Gasteiger partial charge is 0.407 e. The molecule has 0 bridgehead atoms. The van der Waals surface area contributed by atoms with Crippen molar-refractivity contribution in [2.75, 3.05) is 45.4 Å². The van der Waals surface area contributed by atoms with Gasteiger partial charge in [-0.2, -0.15) is 11.8 Å². The highest BCUT2D eigenvalue weighted by atomic mass is 32.2. The Bertz CT molecular complexity index is 1430. The zero-order chi connectivity index (χ0) is 42.2. The van der Waals surface area contributed by atoms with E-state index in [-0.39, 0.29) is 24.9 Å². The third kappa shape index (κ3) is 15.4. The Balaban J connectivity index is 2.06. The van der Waals surface area contributed by atoms with Crippen LogP contribution in [0.4, 0.5) is 4.79 Å². The van der Waals surface area contributed by atoms with E-state index in [1.165, 1.54) is 27.8 Å². The van der Waals surface area contributed by atoms with Crippen molar-refractivity contribution >= 4 is 47.4 Å². The van der Waals surface area contributed by atoms with E-state index in [2.05, 4.69) is 48.1 Å². The topological polar surface area (TPSA) is 218 Å². The number of methoxy groups -OCH3 is 1. The number of aliphatic hydroxyl groups is 1. The first-order chi connectivity index (χ1) is 26.4. The van der Waals surface area contributed by atoms with Gasteiger partial charge in [0.05, 0.1) is 6.54 Å². The number of aliphatic hydroxyl groups excluding tert-OH is 1. The Morgan fingerprint density at radius 1 is 1.02 bits per heavy atom. The van der Waals surface area contributed by atoms with Crippen molar-refractivity contribution < 1.29 is 43.3 Å². The number of likely N-dealkylation sites (tertiary alicyclic amines) is 1. The van der Waals surface area contributed by atoms with E-state index >= 15 is 0 Å². The predicted molar refractivity (Wildman–Crippen MR) is 217 cm³/mol. The van der Waals surface area contributed by atoms with E-state index in [9.17, 15) is 33.9 Å². The van der Waals surface area contributed by atoms with Gasteiger partial charge in [-0.05, 0) is 102 Å². The summed E-state index contributed by atoms with van der Waals surface area (Å²) in [5, 5.41) is 20.7. The van der Waals surface area contributed by atoms with Crippen LogP contribution in [-0.2, 0) is 33.4 Å². The highest BCUT2D eigenvalue weighted by Crippen LogP contribution is 2.42. The first kappa shape index (κ1) is 48.5. The summed E-state index contributed by atoms with van der Waals surface area (Å²) in [4.78, 5) is 78.9. The molecule has 0 spiro atoms. The minimum atomic E-state index is -0.982. The molecule has 0 radical (unpaired) electrons. The van der Waals surface area contributed by atoms with Gasteiger partial charge < -0.3 is 46.5 Å². The lowest BCUT2D eigenvalue weighted by Gasteiger charge is -2.33. The normalized spacial score (nSPS) is 23.7. The van der Waals surface area contributed by atoms with Crippen LogP contribution < -0.4 is 27.0 Å². The maximum Gasteiger partial charge on any atom is 0.407 e. The summed E-state index contributed by atoms with van der Waals surface area (Å²) in [6, 6.07) is -2.71. The van der Waals surface area contributed by atoms with Crippen LogP contribution in [0, 0.1) is 17.3 Å². The van der Waals surface area contributed by atoms with E-state index in [0.29, 0.717) is 50.8 Å². The summed E-state index contributed by atoms with van der Waals surface area (Å²) in [5.74, 6) is -2.33. The Morgan fingerprint density at radius 2 is 1.71 bits per heavy atom. The number of ether oxygens (including phenoxy) is 2. The second-order valence-corrected chi connectivity index (χ2v) is 17.2. The van der Waals surface area contributed by atoms with Crippen molar-refractivity contribution in [2.24, 2.45) is 23.0 Å². The predicted octanol–water partition coefficient (Wildman–Crippen LogP) is 2.95. The lowest BCUT2D eigenvalue weighted by atomic mass is 9.77. The van der Waals surface area contributed by atoms with Crippen LogP contribution in [0.15, 0.2) is 22.8 Å². The fraction of sp³-hybridized carbons (Fsp3) is 0.750. The third-order valence-corrected chi connectivity index (χ3v) is 11.5. The van der Waals surface area contributed by atoms with Crippen LogP contribution in [0.25, 0.3) is 0 Å². The maximum absolute atomic E-state index is 13.5. The fourth-order valence-electron chi connectivity index (χ4n) is 7.13. The summed E-state index contributed by atoms with van der Waals surface area (Å²) in [5.41, 5.74) is 8.61. The quantitative estimate of drug-likeness (QED) is 0.0781. The zero-order valence-electron chi connectivity index (χ0n) is 35.0. The fourth-order valence-corrected chi connectivity index (χ4v) is 7.60. The first-order valence-corrected chi connectivity index (χ1v) is 21.1. The van der Waals surface area contributed by atoms with Crippen molar-refractivity contribution in [1.29, 1.82) is 0 Å². The number of thioether (sulfide) groups is 1. The first-order valence-electron chi connectivity index (χ1n) is 19.7. The summed E-state index contributed by atoms with van der Waals surface area (Å²) >= 11 is 1.50. The second kappa shape index (κ2) is 23.6. The minimum absolute atomic E-state index is 0.00707. The number of amides is 6. The zero-order valence-corrected chi connectivity index (χ0v) is 35.8. The van der Waals surface area contributed by atoms with Gasteiger partial charge in [0.25, 0.3) is 0 Å². The van der Waals surface area contributed by atoms with E-state index in [4.69, 9.17) is 15.2 Å². The average molecular weight is 809 g/mol. The van der Waals surface area contributed by atoms with Gasteiger partial charge in [0.15, 0.2) is 0 Å². The molecule has 0 aromatic rings. The van der Waals surface area contributed by atoms with Crippen LogP contribution in [0.3, 0.4) is 0 Å². The minimum Gasteiger partial charge on any atom is -0.443 e. The van der Waals surface area contributed by atoms with Gasteiger partial charge in [-0.15, -0.1) is 0 Å². The Labute approximate surface area is 337 Å². The molecule has 1 saturated heterocycles. The molecule has 0 aromatic heterocycles. The van der Waals surface area contributed by atoms with Crippen LogP contribution >= 0.6 is 11.8 Å². The van der Waals surface area contributed by atoms with Crippen LogP contribution in [0.2, 0.25) is 0 Å². The van der Waals surface area contributed by atoms with Crippen LogP contribution in [-0.4, -0.2) is 121 Å². The molecule has 2 rings (SSSR count). The number of primary amides is 1. The molecule has 0 aromatic carbocycles. The summed E-state index contributed by atoms with van der Waals surface area (Å²) in [7, 11) is 1.59. The molecule has 16 heteroatoms. The lowest BCUT2D eigenvalue weighted by molar-refractivity contribution is -0.139. The molecule has 56 heavy (non-hydrogen) atoms. The van der Waals surface area contributed by atoms with Crippen molar-refractivity contribution in [2.45, 2.75) is 130 Å². The number of nitrogens with zero attached hydrogens (tertiary/aromatic N) is 1. The van der Waals surface area contributed by atoms with Gasteiger partial charge in [0.1, 0.15) is 36.9 Å². The van der Waals surface area contributed by atoms with Crippen LogP contribution in [0.5, 0.6) is 0 Å². The lowest BCUT2D eigenvalue weighted by Crippen LogP contribution is -2.55. The number of carbonyl (C=O) groups excluding carboxylic acids is 6. The molecule has 6 amide bonds. The third-order valence-electron chi connectivity index (χ3n) is 10.9. The molecule has 1 aliphatic carbocycles. The monoisotopic (exact) mass is 808 g/mol. The molecule has 15 nitrogen and oxygen atoms in total. The van der Waals surface area contributed by atoms with Gasteiger partial charge >= 0.3 is 6.09 Å². The molecule has 2 aliphatic rings. The Morgan fingerprint density at radius 3 is 2.30 bits per heavy atom. The van der Waals surface area contributed by atoms with Gasteiger partial charge in [0.2, 0.25) is 29.5 Å². The number of hydrogen-bond donors (Lipinski definition) is 6. The summed E-state index contributed by atoms with van der Waals surface area (Å²) < 4.78 is 11.9. The standard InChI is InChI=1S/C40H68N6O9S/c1-24(2)19-30(37(51)42-21-33(48)44-29(36(41)50)15-18-56-9)45-38(52)31-11-10-17-46(31)34(49)22-43-39(53)55-32-14-16-40(7,23-47)20-28(35(32)54-8)27(6)13-12-26(5)25(3)4/h13,24,28-32,35,47H,10-12,14-23H2,1-9H3,(H2,41,50)(H,42,51)(H,43,53)(H,44,48)(H,45,52)/b27-13+/t28-,29-,30-,31?,32+,35-,40?/m0/s1. The number of carbonyl (C=O) groups is 6. The van der Waals surface area contributed by atoms with Crippen molar-refractivity contribution in [1.82, 2.24) is 26.2 Å². The van der Waals surface area contributed by atoms with Gasteiger partial charge in [0, 0.05) is 26.2 Å². The number of alkyl carbamates (subject to hydrolysis) is 1. The van der Waals surface area contributed by atoms with E-state index in [0.717, 1.165) is 12.0 Å². The maximum atomic E-state index is 13.5. The Hall–Kier alpha value is -3.63. The van der Waals surface area contributed by atoms with E-state index in [1.54, 1.807) is 7.11 Å². The van der Waals surface area contributed by atoms with Crippen LogP contribution in [0.1, 0.15) is 99.8 Å². The van der Waals surface area contributed by atoms with Gasteiger partial charge in [-0.1, -0.05) is 43.6 Å². The molecule has 1 heterocycles. The largest absolute Gasteiger partial charge is 0.443 e.